The van der Waals surface area contributed by atoms with Crippen LogP contribution in [0, 0.1) is 12.7 Å². The number of aryl methyl sites for hydroxylation is 1. The summed E-state index contributed by atoms with van der Waals surface area (Å²) in [5, 5.41) is 0. The summed E-state index contributed by atoms with van der Waals surface area (Å²) in [4.78, 5) is 15.9. The van der Waals surface area contributed by atoms with Gasteiger partial charge in [0, 0.05) is 11.3 Å². The van der Waals surface area contributed by atoms with Crippen molar-refractivity contribution in [3.63, 3.8) is 0 Å². The highest BCUT2D eigenvalue weighted by atomic mass is 19.1. The first-order valence-corrected chi connectivity index (χ1v) is 5.95. The average molecular weight is 257 g/mol. The maximum absolute atomic E-state index is 13.9. The van der Waals surface area contributed by atoms with Crippen molar-refractivity contribution < 1.29 is 9.18 Å². The summed E-state index contributed by atoms with van der Waals surface area (Å²) in [6, 6.07) is 10.1. The number of carbonyl (C=O) groups is 1. The topological polar surface area (TPSA) is 46.4 Å². The summed E-state index contributed by atoms with van der Waals surface area (Å²) in [5.41, 5.74) is 5.18. The fourth-order valence-electron chi connectivity index (χ4n) is 2.14. The first-order valence-electron chi connectivity index (χ1n) is 5.95. The van der Waals surface area contributed by atoms with Crippen molar-refractivity contribution in [3.05, 3.63) is 59.2 Å². The van der Waals surface area contributed by atoms with Crippen LogP contribution in [0.4, 0.5) is 4.39 Å². The normalized spacial score (nSPS) is 14.4. The molecule has 0 saturated heterocycles. The lowest BCUT2D eigenvalue weighted by Gasteiger charge is -2.10. The number of rotatable bonds is 1. The summed E-state index contributed by atoms with van der Waals surface area (Å²) >= 11 is 0. The second-order valence-electron chi connectivity index (χ2n) is 4.38. The van der Waals surface area contributed by atoms with Crippen LogP contribution in [0.3, 0.4) is 0 Å². The van der Waals surface area contributed by atoms with Crippen molar-refractivity contribution in [2.45, 2.75) is 6.92 Å². The van der Waals surface area contributed by atoms with Gasteiger partial charge < -0.3 is 0 Å². The Labute approximate surface area is 109 Å². The van der Waals surface area contributed by atoms with Gasteiger partial charge in [0.05, 0.1) is 11.4 Å². The van der Waals surface area contributed by atoms with E-state index in [0.717, 1.165) is 5.69 Å². The van der Waals surface area contributed by atoms with Crippen molar-refractivity contribution in [2.75, 3.05) is 12.0 Å². The molecule has 1 aliphatic rings. The van der Waals surface area contributed by atoms with Gasteiger partial charge >= 0.3 is 0 Å². The quantitative estimate of drug-likeness (QED) is 0.832. The van der Waals surface area contributed by atoms with E-state index in [4.69, 9.17) is 0 Å². The Bertz CT molecular complexity index is 688. The van der Waals surface area contributed by atoms with Gasteiger partial charge in [-0.05, 0) is 31.2 Å². The molecular formula is C14H12FN3O. The third-order valence-electron chi connectivity index (χ3n) is 3.06. The van der Waals surface area contributed by atoms with Crippen LogP contribution in [0.5, 0.6) is 0 Å². The maximum atomic E-state index is 13.9. The van der Waals surface area contributed by atoms with Crippen molar-refractivity contribution in [3.8, 4) is 0 Å². The van der Waals surface area contributed by atoms with E-state index in [9.17, 15) is 9.18 Å². The summed E-state index contributed by atoms with van der Waals surface area (Å²) in [7, 11) is 0. The molecular weight excluding hydrogens is 245 g/mol. The van der Waals surface area contributed by atoms with Crippen LogP contribution in [0.1, 0.15) is 17.0 Å². The molecule has 2 aromatic rings. The number of nitrogens with zero attached hydrogens (tertiary/aromatic N) is 2. The highest BCUT2D eigenvalue weighted by Gasteiger charge is 2.20. The lowest BCUT2D eigenvalue weighted by Crippen LogP contribution is -2.25. The zero-order chi connectivity index (χ0) is 13.4. The molecule has 3 rings (SSSR count). The molecule has 0 atom stereocenters. The average Bonchev–Trinajstić information content (AvgIpc) is 2.66. The third-order valence-corrected chi connectivity index (χ3v) is 3.06. The second kappa shape index (κ2) is 4.35. The van der Waals surface area contributed by atoms with Crippen LogP contribution in [0.25, 0.3) is 0 Å². The van der Waals surface area contributed by atoms with Gasteiger partial charge in [0.25, 0.3) is 5.91 Å². The molecule has 4 nitrogen and oxygen atoms in total. The Balaban J connectivity index is 2.21. The Hall–Kier alpha value is -2.43. The number of amides is 1. The molecule has 0 bridgehead atoms. The van der Waals surface area contributed by atoms with Gasteiger partial charge in [0.1, 0.15) is 12.4 Å². The lowest BCUT2D eigenvalue weighted by atomic mass is 10.1. The molecule has 1 aromatic carbocycles. The summed E-state index contributed by atoms with van der Waals surface area (Å²) in [6.45, 7) is 1.86. The fourth-order valence-corrected chi connectivity index (χ4v) is 2.14. The predicted octanol–water partition coefficient (Wildman–Crippen LogP) is 1.86. The first kappa shape index (κ1) is 11.6. The first-order chi connectivity index (χ1) is 9.16. The van der Waals surface area contributed by atoms with E-state index in [-0.39, 0.29) is 18.3 Å². The molecule has 0 radical (unpaired) electrons. The van der Waals surface area contributed by atoms with Crippen molar-refractivity contribution in [1.82, 2.24) is 4.68 Å². The summed E-state index contributed by atoms with van der Waals surface area (Å²) in [6.07, 6.45) is 0. The van der Waals surface area contributed by atoms with Gasteiger partial charge in [-0.25, -0.2) is 4.39 Å². The van der Waals surface area contributed by atoms with Crippen LogP contribution in [-0.2, 0) is 4.79 Å². The molecule has 19 heavy (non-hydrogen) atoms. The number of fused-ring (bicyclic) bond motifs is 1. The van der Waals surface area contributed by atoms with Crippen LogP contribution >= 0.6 is 0 Å². The van der Waals surface area contributed by atoms with Gasteiger partial charge in [0.2, 0.25) is 0 Å². The highest BCUT2D eigenvalue weighted by molar-refractivity contribution is 6.14. The van der Waals surface area contributed by atoms with Crippen LogP contribution in [-0.4, -0.2) is 22.8 Å². The number of hydrogen-bond acceptors (Lipinski definition) is 2. The smallest absolute Gasteiger partial charge is 0.260 e. The molecule has 0 saturated carbocycles. The number of nitrogens with one attached hydrogen (secondary N) is 1. The highest BCUT2D eigenvalue weighted by Crippen LogP contribution is 2.18. The molecule has 1 aromatic heterocycles. The Morgan fingerprint density at radius 2 is 2.05 bits per heavy atom. The number of halogens is 1. The maximum Gasteiger partial charge on any atom is 0.260 e. The monoisotopic (exact) mass is 257 g/mol. The number of hydrogen-bond donors (Lipinski definition) is 1. The molecule has 1 N–H and O–H groups in total. The van der Waals surface area contributed by atoms with Crippen molar-refractivity contribution >= 4 is 11.6 Å². The number of aromatic nitrogens is 1. The summed E-state index contributed by atoms with van der Waals surface area (Å²) < 4.78 is 15.5. The van der Waals surface area contributed by atoms with Crippen LogP contribution < -0.4 is 5.43 Å². The predicted molar refractivity (Wildman–Crippen MR) is 70.4 cm³/mol. The van der Waals surface area contributed by atoms with Gasteiger partial charge in [-0.1, -0.05) is 12.1 Å². The van der Waals surface area contributed by atoms with Gasteiger partial charge in [-0.15, -0.1) is 0 Å². The van der Waals surface area contributed by atoms with E-state index < -0.39 is 0 Å². The molecule has 2 heterocycles. The summed E-state index contributed by atoms with van der Waals surface area (Å²) in [5.74, 6) is -0.562. The molecule has 96 valence electrons. The minimum absolute atomic E-state index is 0.00914. The Kier molecular flexibility index (Phi) is 2.67. The largest absolute Gasteiger partial charge is 0.272 e. The molecule has 5 heteroatoms. The van der Waals surface area contributed by atoms with Crippen molar-refractivity contribution in [1.29, 1.82) is 0 Å². The zero-order valence-corrected chi connectivity index (χ0v) is 10.4. The van der Waals surface area contributed by atoms with Crippen LogP contribution in [0.15, 0.2) is 41.4 Å². The SMILES string of the molecule is Cc1ccc2n1NC(=O)CN=C2c1ccccc1F. The van der Waals surface area contributed by atoms with Gasteiger partial charge in [-0.2, -0.15) is 0 Å². The molecule has 0 aliphatic carbocycles. The van der Waals surface area contributed by atoms with E-state index in [2.05, 4.69) is 10.4 Å². The van der Waals surface area contributed by atoms with E-state index in [1.165, 1.54) is 6.07 Å². The Morgan fingerprint density at radius 1 is 1.26 bits per heavy atom. The van der Waals surface area contributed by atoms with Crippen molar-refractivity contribution in [2.24, 2.45) is 4.99 Å². The second-order valence-corrected chi connectivity index (χ2v) is 4.38. The minimum Gasteiger partial charge on any atom is -0.272 e. The standard InChI is InChI=1S/C14H12FN3O/c1-9-6-7-12-14(10-4-2-3-5-11(10)15)16-8-13(19)17-18(9)12/h2-7H,8H2,1H3,(H,17,19). The molecule has 0 unspecified atom stereocenters. The fraction of sp³-hybridized carbons (Fsp3) is 0.143. The van der Waals surface area contributed by atoms with Crippen LogP contribution in [0.2, 0.25) is 0 Å². The molecule has 0 fully saturated rings. The van der Waals surface area contributed by atoms with E-state index in [1.54, 1.807) is 22.9 Å². The van der Waals surface area contributed by atoms with Gasteiger partial charge in [0.15, 0.2) is 0 Å². The number of benzene rings is 1. The van der Waals surface area contributed by atoms with E-state index in [0.29, 0.717) is 17.0 Å². The minimum atomic E-state index is -0.346. The zero-order valence-electron chi connectivity index (χ0n) is 10.4. The lowest BCUT2D eigenvalue weighted by molar-refractivity contribution is -0.115. The molecule has 1 amide bonds. The third kappa shape index (κ3) is 1.93. The molecule has 0 spiro atoms. The number of aliphatic imine (C=N–C) groups is 1. The molecule has 1 aliphatic heterocycles. The van der Waals surface area contributed by atoms with Gasteiger partial charge in [-0.3, -0.25) is 19.9 Å². The Morgan fingerprint density at radius 3 is 2.84 bits per heavy atom. The number of carbonyl (C=O) groups excluding carboxylic acids is 1. The van der Waals surface area contributed by atoms with E-state index in [1.807, 2.05) is 19.1 Å². The van der Waals surface area contributed by atoms with E-state index >= 15 is 0 Å².